The highest BCUT2D eigenvalue weighted by Crippen LogP contribution is 2.08. The van der Waals surface area contributed by atoms with E-state index in [0.717, 1.165) is 0 Å². The van der Waals surface area contributed by atoms with Crippen molar-refractivity contribution in [2.75, 3.05) is 0 Å². The third kappa shape index (κ3) is 0.947. The van der Waals surface area contributed by atoms with E-state index in [-0.39, 0.29) is 0 Å². The van der Waals surface area contributed by atoms with Crippen LogP contribution in [-0.4, -0.2) is 24.9 Å². The Bertz CT molecular complexity index is 395. The molecule has 62 valence electrons. The monoisotopic (exact) mass is 164 g/mol. The molecule has 2 heterocycles. The third-order valence-corrected chi connectivity index (χ3v) is 1.58. The van der Waals surface area contributed by atoms with Crippen molar-refractivity contribution >= 4 is 5.65 Å². The van der Waals surface area contributed by atoms with Crippen LogP contribution < -0.4 is 0 Å². The molecule has 2 aromatic rings. The van der Waals surface area contributed by atoms with E-state index in [1.165, 1.54) is 4.52 Å². The number of nitrogens with zero attached hydrogens (tertiary/aromatic N) is 4. The average Bonchev–Trinajstić information content (AvgIpc) is 2.47. The molecule has 0 spiro atoms. The minimum atomic E-state index is -0.644. The minimum Gasteiger partial charge on any atom is -0.385 e. The Morgan fingerprint density at radius 2 is 2.33 bits per heavy atom. The van der Waals surface area contributed by atoms with Gasteiger partial charge in [-0.1, -0.05) is 0 Å². The van der Waals surface area contributed by atoms with E-state index in [1.54, 1.807) is 25.3 Å². The fourth-order valence-corrected chi connectivity index (χ4v) is 1.02. The van der Waals surface area contributed by atoms with Crippen LogP contribution in [0.4, 0.5) is 0 Å². The molecule has 0 aliphatic heterocycles. The van der Waals surface area contributed by atoms with Crippen molar-refractivity contribution in [2.24, 2.45) is 0 Å². The van der Waals surface area contributed by atoms with Gasteiger partial charge in [0.25, 0.3) is 0 Å². The Morgan fingerprint density at radius 3 is 3.08 bits per heavy atom. The standard InChI is InChI=1S/C7H8N4O/c1-5(12)7-10-9-6-3-2-4-8-11(6)7/h2-5,12H,1H3. The van der Waals surface area contributed by atoms with Crippen LogP contribution in [0.1, 0.15) is 18.9 Å². The van der Waals surface area contributed by atoms with Crippen molar-refractivity contribution in [3.63, 3.8) is 0 Å². The fraction of sp³-hybridized carbons (Fsp3) is 0.286. The Hall–Kier alpha value is -1.49. The maximum absolute atomic E-state index is 9.25. The van der Waals surface area contributed by atoms with Crippen LogP contribution in [0.5, 0.6) is 0 Å². The Morgan fingerprint density at radius 1 is 1.50 bits per heavy atom. The van der Waals surface area contributed by atoms with Gasteiger partial charge in [0.2, 0.25) is 0 Å². The molecule has 1 unspecified atom stereocenters. The highest BCUT2D eigenvalue weighted by molar-refractivity contribution is 5.34. The summed E-state index contributed by atoms with van der Waals surface area (Å²) in [6, 6.07) is 3.56. The summed E-state index contributed by atoms with van der Waals surface area (Å²) in [7, 11) is 0. The lowest BCUT2D eigenvalue weighted by Gasteiger charge is -1.98. The second-order valence-corrected chi connectivity index (χ2v) is 2.53. The summed E-state index contributed by atoms with van der Waals surface area (Å²) in [5.41, 5.74) is 0.647. The minimum absolute atomic E-state index is 0.464. The summed E-state index contributed by atoms with van der Waals surface area (Å²) in [4.78, 5) is 0. The molecular formula is C7H8N4O. The van der Waals surface area contributed by atoms with E-state index in [9.17, 15) is 5.11 Å². The molecule has 5 heteroatoms. The van der Waals surface area contributed by atoms with Crippen LogP contribution in [0, 0.1) is 0 Å². The summed E-state index contributed by atoms with van der Waals surface area (Å²) < 4.78 is 1.52. The lowest BCUT2D eigenvalue weighted by molar-refractivity contribution is 0.186. The molecule has 0 aliphatic carbocycles. The zero-order valence-corrected chi connectivity index (χ0v) is 6.55. The molecular weight excluding hydrogens is 156 g/mol. The lowest BCUT2D eigenvalue weighted by atomic mass is 10.4. The van der Waals surface area contributed by atoms with Gasteiger partial charge in [0.15, 0.2) is 11.5 Å². The van der Waals surface area contributed by atoms with Gasteiger partial charge in [0.1, 0.15) is 6.10 Å². The van der Waals surface area contributed by atoms with Crippen LogP contribution in [0.15, 0.2) is 18.3 Å². The maximum atomic E-state index is 9.25. The number of rotatable bonds is 1. The third-order valence-electron chi connectivity index (χ3n) is 1.58. The molecule has 5 nitrogen and oxygen atoms in total. The van der Waals surface area contributed by atoms with Crippen molar-refractivity contribution in [1.29, 1.82) is 0 Å². The van der Waals surface area contributed by atoms with Crippen molar-refractivity contribution in [2.45, 2.75) is 13.0 Å². The highest BCUT2D eigenvalue weighted by Gasteiger charge is 2.09. The van der Waals surface area contributed by atoms with E-state index >= 15 is 0 Å². The van der Waals surface area contributed by atoms with E-state index in [2.05, 4.69) is 15.3 Å². The SMILES string of the molecule is CC(O)c1nnc2cccnn12. The van der Waals surface area contributed by atoms with Crippen LogP contribution in [-0.2, 0) is 0 Å². The number of hydrogen-bond donors (Lipinski definition) is 1. The van der Waals surface area contributed by atoms with Crippen LogP contribution in [0.3, 0.4) is 0 Å². The van der Waals surface area contributed by atoms with Gasteiger partial charge in [0.05, 0.1) is 0 Å². The molecule has 2 rings (SSSR count). The molecule has 0 radical (unpaired) electrons. The van der Waals surface area contributed by atoms with E-state index < -0.39 is 6.10 Å². The molecule has 1 N–H and O–H groups in total. The summed E-state index contributed by atoms with van der Waals surface area (Å²) in [6.45, 7) is 1.63. The first kappa shape index (κ1) is 7.17. The van der Waals surface area contributed by atoms with Crippen molar-refractivity contribution in [1.82, 2.24) is 19.8 Å². The molecule has 0 bridgehead atoms. The Balaban J connectivity index is 2.70. The van der Waals surface area contributed by atoms with Crippen LogP contribution in [0.25, 0.3) is 5.65 Å². The van der Waals surface area contributed by atoms with Gasteiger partial charge in [-0.2, -0.15) is 9.61 Å². The second kappa shape index (κ2) is 2.53. The van der Waals surface area contributed by atoms with Gasteiger partial charge >= 0.3 is 0 Å². The van der Waals surface area contributed by atoms with E-state index in [0.29, 0.717) is 11.5 Å². The smallest absolute Gasteiger partial charge is 0.183 e. The first-order valence-corrected chi connectivity index (χ1v) is 3.63. The number of aliphatic hydroxyl groups is 1. The Labute approximate surface area is 68.7 Å². The second-order valence-electron chi connectivity index (χ2n) is 2.53. The van der Waals surface area contributed by atoms with Gasteiger partial charge in [0, 0.05) is 6.20 Å². The number of aliphatic hydroxyl groups excluding tert-OH is 1. The van der Waals surface area contributed by atoms with E-state index in [4.69, 9.17) is 0 Å². The topological polar surface area (TPSA) is 63.3 Å². The first-order valence-electron chi connectivity index (χ1n) is 3.63. The Kier molecular flexibility index (Phi) is 1.51. The van der Waals surface area contributed by atoms with Gasteiger partial charge in [-0.25, -0.2) is 0 Å². The normalized spacial score (nSPS) is 13.5. The summed E-state index contributed by atoms with van der Waals surface area (Å²) in [6.07, 6.45) is 0.984. The molecule has 2 aromatic heterocycles. The predicted molar refractivity (Wildman–Crippen MR) is 41.4 cm³/mol. The summed E-state index contributed by atoms with van der Waals surface area (Å²) >= 11 is 0. The van der Waals surface area contributed by atoms with Crippen LogP contribution >= 0.6 is 0 Å². The molecule has 0 aromatic carbocycles. The first-order chi connectivity index (χ1) is 5.79. The summed E-state index contributed by atoms with van der Waals surface area (Å²) in [5, 5.41) is 20.9. The zero-order valence-electron chi connectivity index (χ0n) is 6.55. The maximum Gasteiger partial charge on any atom is 0.183 e. The van der Waals surface area contributed by atoms with Gasteiger partial charge in [-0.15, -0.1) is 10.2 Å². The fourth-order valence-electron chi connectivity index (χ4n) is 1.02. The number of hydrogen-bond acceptors (Lipinski definition) is 4. The van der Waals surface area contributed by atoms with Gasteiger partial charge < -0.3 is 5.11 Å². The molecule has 0 aliphatic rings. The number of fused-ring (bicyclic) bond motifs is 1. The van der Waals surface area contributed by atoms with Crippen molar-refractivity contribution < 1.29 is 5.11 Å². The van der Waals surface area contributed by atoms with Gasteiger partial charge in [-0.05, 0) is 19.1 Å². The van der Waals surface area contributed by atoms with Crippen molar-refractivity contribution in [3.05, 3.63) is 24.2 Å². The molecule has 0 saturated heterocycles. The highest BCUT2D eigenvalue weighted by atomic mass is 16.3. The van der Waals surface area contributed by atoms with E-state index in [1.807, 2.05) is 0 Å². The zero-order chi connectivity index (χ0) is 8.55. The molecule has 1 atom stereocenters. The van der Waals surface area contributed by atoms with Crippen molar-refractivity contribution in [3.8, 4) is 0 Å². The molecule has 0 amide bonds. The quantitative estimate of drug-likeness (QED) is 0.653. The number of aromatic nitrogens is 4. The predicted octanol–water partition coefficient (Wildman–Crippen LogP) is 0.178. The molecule has 0 saturated carbocycles. The molecule has 0 fully saturated rings. The molecule has 12 heavy (non-hydrogen) atoms. The lowest BCUT2D eigenvalue weighted by Crippen LogP contribution is -2.01. The average molecular weight is 164 g/mol. The van der Waals surface area contributed by atoms with Gasteiger partial charge in [-0.3, -0.25) is 0 Å². The largest absolute Gasteiger partial charge is 0.385 e. The summed E-state index contributed by atoms with van der Waals surface area (Å²) in [5.74, 6) is 0.464. The van der Waals surface area contributed by atoms with Crippen LogP contribution in [0.2, 0.25) is 0 Å².